The van der Waals surface area contributed by atoms with Gasteiger partial charge in [0.15, 0.2) is 0 Å². The molecule has 1 N–H and O–H groups in total. The van der Waals surface area contributed by atoms with Crippen LogP contribution in [0, 0.1) is 0 Å². The average molecular weight is 309 g/mol. The van der Waals surface area contributed by atoms with E-state index in [-0.39, 0.29) is 5.75 Å². The van der Waals surface area contributed by atoms with Crippen molar-refractivity contribution in [1.82, 2.24) is 4.83 Å². The number of benzene rings is 2. The van der Waals surface area contributed by atoms with Crippen molar-refractivity contribution in [2.24, 2.45) is 5.10 Å². The van der Waals surface area contributed by atoms with E-state index in [4.69, 9.17) is 11.6 Å². The summed E-state index contributed by atoms with van der Waals surface area (Å²) in [4.78, 5) is 2.18. The van der Waals surface area contributed by atoms with Gasteiger partial charge < -0.3 is 0 Å². The fraction of sp³-hybridized carbons (Fsp3) is 0.0714. The first-order valence-corrected chi connectivity index (χ1v) is 7.90. The molecular weight excluding hydrogens is 296 g/mol. The van der Waals surface area contributed by atoms with Gasteiger partial charge in [-0.3, -0.25) is 0 Å². The van der Waals surface area contributed by atoms with Crippen LogP contribution in [-0.4, -0.2) is 14.6 Å². The molecule has 0 radical (unpaired) electrons. The number of hydrogen-bond acceptors (Lipinski definition) is 3. The number of halogens is 1. The van der Waals surface area contributed by atoms with E-state index in [2.05, 4.69) is 9.93 Å². The van der Waals surface area contributed by atoms with Crippen LogP contribution in [0.2, 0.25) is 5.02 Å². The molecule has 0 heterocycles. The van der Waals surface area contributed by atoms with Gasteiger partial charge in [-0.25, -0.2) is 13.2 Å². The Hall–Kier alpha value is -1.85. The molecule has 0 saturated carbocycles. The summed E-state index contributed by atoms with van der Waals surface area (Å²) < 4.78 is 23.6. The second-order valence-corrected chi connectivity index (χ2v) is 6.28. The van der Waals surface area contributed by atoms with E-state index in [0.717, 1.165) is 5.56 Å². The van der Waals surface area contributed by atoms with Crippen LogP contribution in [0.1, 0.15) is 11.1 Å². The van der Waals surface area contributed by atoms with Gasteiger partial charge in [0.1, 0.15) is 0 Å². The Balaban J connectivity index is 1.97. The maximum absolute atomic E-state index is 11.8. The first-order valence-electron chi connectivity index (χ1n) is 5.87. The van der Waals surface area contributed by atoms with Crippen LogP contribution in [0.25, 0.3) is 0 Å². The minimum absolute atomic E-state index is 0.105. The molecule has 104 valence electrons. The highest BCUT2D eigenvalue weighted by molar-refractivity contribution is 7.88. The Morgan fingerprint density at radius 1 is 1.05 bits per heavy atom. The smallest absolute Gasteiger partial charge is 0.205 e. The third-order valence-electron chi connectivity index (χ3n) is 2.47. The van der Waals surface area contributed by atoms with Crippen molar-refractivity contribution in [1.29, 1.82) is 0 Å². The number of rotatable bonds is 5. The van der Waals surface area contributed by atoms with Gasteiger partial charge >= 0.3 is 0 Å². The van der Waals surface area contributed by atoms with E-state index >= 15 is 0 Å². The summed E-state index contributed by atoms with van der Waals surface area (Å²) in [5.74, 6) is -0.105. The fourth-order valence-electron chi connectivity index (χ4n) is 1.56. The van der Waals surface area contributed by atoms with Crippen molar-refractivity contribution < 1.29 is 8.42 Å². The Morgan fingerprint density at radius 3 is 2.35 bits per heavy atom. The number of hydrazone groups is 1. The summed E-state index contributed by atoms with van der Waals surface area (Å²) >= 11 is 5.75. The van der Waals surface area contributed by atoms with Gasteiger partial charge in [0.05, 0.1) is 12.0 Å². The molecule has 0 amide bonds. The van der Waals surface area contributed by atoms with Crippen molar-refractivity contribution in [2.45, 2.75) is 5.75 Å². The van der Waals surface area contributed by atoms with Crippen LogP contribution in [0.5, 0.6) is 0 Å². The molecule has 6 heteroatoms. The molecule has 4 nitrogen and oxygen atoms in total. The van der Waals surface area contributed by atoms with Gasteiger partial charge in [-0.05, 0) is 23.3 Å². The number of nitrogens with zero attached hydrogens (tertiary/aromatic N) is 1. The van der Waals surface area contributed by atoms with E-state index in [1.807, 2.05) is 6.07 Å². The molecule has 0 unspecified atom stereocenters. The highest BCUT2D eigenvalue weighted by Gasteiger charge is 2.09. The van der Waals surface area contributed by atoms with Gasteiger partial charge in [-0.2, -0.15) is 5.10 Å². The Kier molecular flexibility index (Phi) is 4.76. The van der Waals surface area contributed by atoms with E-state index in [1.165, 1.54) is 6.21 Å². The summed E-state index contributed by atoms with van der Waals surface area (Å²) in [6, 6.07) is 15.8. The zero-order chi connectivity index (χ0) is 14.4. The van der Waals surface area contributed by atoms with Crippen molar-refractivity contribution in [3.8, 4) is 0 Å². The molecular formula is C14H13ClN2O2S. The topological polar surface area (TPSA) is 58.5 Å². The fourth-order valence-corrected chi connectivity index (χ4v) is 2.59. The zero-order valence-corrected chi connectivity index (χ0v) is 12.1. The molecule has 2 aromatic carbocycles. The molecule has 0 aliphatic carbocycles. The lowest BCUT2D eigenvalue weighted by Gasteiger charge is -2.03. The van der Waals surface area contributed by atoms with Crippen molar-refractivity contribution in [3.05, 3.63) is 70.7 Å². The third-order valence-corrected chi connectivity index (χ3v) is 3.82. The molecule has 0 aromatic heterocycles. The lowest BCUT2D eigenvalue weighted by molar-refractivity contribution is 0.584. The van der Waals surface area contributed by atoms with E-state index < -0.39 is 10.0 Å². The number of hydrogen-bond donors (Lipinski definition) is 1. The van der Waals surface area contributed by atoms with Gasteiger partial charge in [0, 0.05) is 5.02 Å². The van der Waals surface area contributed by atoms with E-state index in [0.29, 0.717) is 10.6 Å². The Bertz CT molecular complexity index is 683. The monoisotopic (exact) mass is 308 g/mol. The lowest BCUT2D eigenvalue weighted by atomic mass is 10.2. The Labute approximate surface area is 123 Å². The molecule has 0 aliphatic heterocycles. The molecule has 2 rings (SSSR count). The second-order valence-electron chi connectivity index (χ2n) is 4.15. The standard InChI is InChI=1S/C14H13ClN2O2S/c15-14-8-6-12(7-9-14)10-16-17-20(18,19)11-13-4-2-1-3-5-13/h1-10,17H,11H2/b16-10+. The highest BCUT2D eigenvalue weighted by atomic mass is 35.5. The maximum atomic E-state index is 11.8. The number of nitrogens with one attached hydrogen (secondary N) is 1. The third kappa shape index (κ3) is 4.68. The van der Waals surface area contributed by atoms with Crippen molar-refractivity contribution >= 4 is 27.8 Å². The van der Waals surface area contributed by atoms with Crippen LogP contribution < -0.4 is 4.83 Å². The van der Waals surface area contributed by atoms with Crippen LogP contribution >= 0.6 is 11.6 Å². The van der Waals surface area contributed by atoms with Crippen molar-refractivity contribution in [2.75, 3.05) is 0 Å². The highest BCUT2D eigenvalue weighted by Crippen LogP contribution is 2.08. The lowest BCUT2D eigenvalue weighted by Crippen LogP contribution is -2.20. The van der Waals surface area contributed by atoms with Crippen LogP contribution in [0.3, 0.4) is 0 Å². The molecule has 0 fully saturated rings. The summed E-state index contributed by atoms with van der Waals surface area (Å²) in [7, 11) is -3.49. The molecule has 0 bridgehead atoms. The van der Waals surface area contributed by atoms with Gasteiger partial charge in [0.2, 0.25) is 0 Å². The predicted octanol–water partition coefficient (Wildman–Crippen LogP) is 2.79. The van der Waals surface area contributed by atoms with Gasteiger partial charge in [-0.1, -0.05) is 54.1 Å². The molecule has 2 aromatic rings. The average Bonchev–Trinajstić information content (AvgIpc) is 2.41. The van der Waals surface area contributed by atoms with Gasteiger partial charge in [-0.15, -0.1) is 0 Å². The normalized spacial score (nSPS) is 11.7. The minimum atomic E-state index is -3.49. The summed E-state index contributed by atoms with van der Waals surface area (Å²) in [5.41, 5.74) is 1.47. The van der Waals surface area contributed by atoms with E-state index in [1.54, 1.807) is 48.5 Å². The zero-order valence-electron chi connectivity index (χ0n) is 10.5. The van der Waals surface area contributed by atoms with Crippen LogP contribution in [0.15, 0.2) is 59.7 Å². The van der Waals surface area contributed by atoms with Crippen LogP contribution in [-0.2, 0) is 15.8 Å². The maximum Gasteiger partial charge on any atom is 0.251 e. The largest absolute Gasteiger partial charge is 0.251 e. The first-order chi connectivity index (χ1) is 9.55. The SMILES string of the molecule is O=S(=O)(Cc1ccccc1)N/N=C/c1ccc(Cl)cc1. The Morgan fingerprint density at radius 2 is 1.70 bits per heavy atom. The summed E-state index contributed by atoms with van der Waals surface area (Å²) in [5, 5.41) is 4.35. The van der Waals surface area contributed by atoms with Crippen molar-refractivity contribution in [3.63, 3.8) is 0 Å². The van der Waals surface area contributed by atoms with E-state index in [9.17, 15) is 8.42 Å². The molecule has 0 atom stereocenters. The van der Waals surface area contributed by atoms with Gasteiger partial charge in [0.25, 0.3) is 10.0 Å². The van der Waals surface area contributed by atoms with Crippen LogP contribution in [0.4, 0.5) is 0 Å². The first kappa shape index (κ1) is 14.6. The summed E-state index contributed by atoms with van der Waals surface area (Å²) in [6.07, 6.45) is 1.43. The molecule has 0 spiro atoms. The molecule has 0 aliphatic rings. The predicted molar refractivity (Wildman–Crippen MR) is 81.2 cm³/mol. The molecule has 20 heavy (non-hydrogen) atoms. The molecule has 0 saturated heterocycles. The quantitative estimate of drug-likeness (QED) is 0.682. The minimum Gasteiger partial charge on any atom is -0.205 e. The summed E-state index contributed by atoms with van der Waals surface area (Å²) in [6.45, 7) is 0. The second kappa shape index (κ2) is 6.54. The number of sulfonamides is 1.